The molecule has 4 heterocycles. The smallest absolute Gasteiger partial charge is 0.252 e. The third-order valence-electron chi connectivity index (χ3n) is 25.9. The first-order valence-corrected chi connectivity index (χ1v) is 35.3. The quantitative estimate of drug-likeness (QED) is 0.164. The van der Waals surface area contributed by atoms with Crippen LogP contribution in [0.2, 0.25) is 0 Å². The predicted molar refractivity (Wildman–Crippen MR) is 396 cm³/mol. The van der Waals surface area contributed by atoms with Crippen molar-refractivity contribution in [1.82, 2.24) is 0 Å². The van der Waals surface area contributed by atoms with Crippen molar-refractivity contribution in [3.8, 4) is 11.1 Å². The van der Waals surface area contributed by atoms with Gasteiger partial charge in [0.05, 0.1) is 5.54 Å². The Balaban J connectivity index is 1.01. The second-order valence-electron chi connectivity index (χ2n) is 35.0. The molecule has 0 amide bonds. The van der Waals surface area contributed by atoms with E-state index in [9.17, 15) is 0 Å². The molecule has 2 unspecified atom stereocenters. The minimum atomic E-state index is -0.282. The van der Waals surface area contributed by atoms with Gasteiger partial charge in [-0.3, -0.25) is 0 Å². The van der Waals surface area contributed by atoms with Gasteiger partial charge in [-0.05, 0) is 222 Å². The van der Waals surface area contributed by atoms with Crippen LogP contribution in [-0.2, 0) is 43.3 Å². The fourth-order valence-corrected chi connectivity index (χ4v) is 19.7. The highest BCUT2D eigenvalue weighted by atomic mass is 16.3. The van der Waals surface area contributed by atoms with Gasteiger partial charge in [0.2, 0.25) is 0 Å². The zero-order valence-corrected chi connectivity index (χ0v) is 58.6. The number of nitrogens with zero attached hydrogens (tertiary/aromatic N) is 3. The van der Waals surface area contributed by atoms with E-state index in [1.165, 1.54) is 142 Å². The van der Waals surface area contributed by atoms with Crippen molar-refractivity contribution in [3.05, 3.63) is 219 Å². The Hall–Kier alpha value is -7.76. The van der Waals surface area contributed by atoms with Gasteiger partial charge < -0.3 is 19.1 Å². The Kier molecular flexibility index (Phi) is 12.1. The zero-order valence-electron chi connectivity index (χ0n) is 58.6. The normalized spacial score (nSPS) is 22.6. The molecule has 7 aliphatic rings. The molecule has 1 fully saturated rings. The Labute approximate surface area is 554 Å². The summed E-state index contributed by atoms with van der Waals surface area (Å²) in [5.41, 5.74) is 32.2. The highest BCUT2D eigenvalue weighted by Gasteiger charge is 2.59. The maximum Gasteiger partial charge on any atom is 0.252 e. The second kappa shape index (κ2) is 19.0. The number of anilines is 8. The van der Waals surface area contributed by atoms with Gasteiger partial charge in [-0.2, -0.15) is 0 Å². The van der Waals surface area contributed by atoms with Crippen molar-refractivity contribution in [2.45, 2.75) is 218 Å². The van der Waals surface area contributed by atoms with Gasteiger partial charge in [0.1, 0.15) is 11.2 Å². The number of hydrogen-bond acceptors (Lipinski definition) is 4. The minimum absolute atomic E-state index is 0.00125. The van der Waals surface area contributed by atoms with Crippen molar-refractivity contribution in [1.29, 1.82) is 0 Å². The highest BCUT2D eigenvalue weighted by Crippen LogP contribution is 2.63. The third kappa shape index (κ3) is 8.10. The molecule has 470 valence electrons. The van der Waals surface area contributed by atoms with Crippen molar-refractivity contribution in [3.63, 3.8) is 0 Å². The topological polar surface area (TPSA) is 22.9 Å². The Morgan fingerprint density at radius 1 is 0.366 bits per heavy atom. The fraction of sp³-hybridized carbons (Fsp3) is 0.386. The molecule has 3 aliphatic heterocycles. The van der Waals surface area contributed by atoms with Crippen LogP contribution in [0.4, 0.5) is 45.5 Å². The van der Waals surface area contributed by atoms with E-state index in [0.717, 1.165) is 59.7 Å². The molecule has 1 saturated carbocycles. The third-order valence-corrected chi connectivity index (χ3v) is 25.9. The molecule has 0 saturated heterocycles. The van der Waals surface area contributed by atoms with Crippen LogP contribution in [0.25, 0.3) is 33.1 Å². The lowest BCUT2D eigenvalue weighted by Gasteiger charge is -2.52. The highest BCUT2D eigenvalue weighted by molar-refractivity contribution is 7.00. The summed E-state index contributed by atoms with van der Waals surface area (Å²) >= 11 is 0. The fourth-order valence-electron chi connectivity index (χ4n) is 19.7. The molecule has 4 nitrogen and oxygen atoms in total. The average molecular weight is 1220 g/mol. The van der Waals surface area contributed by atoms with Gasteiger partial charge in [-0.15, -0.1) is 0 Å². The molecule has 2 atom stereocenters. The summed E-state index contributed by atoms with van der Waals surface area (Å²) in [6.07, 6.45) is 9.24. The van der Waals surface area contributed by atoms with Gasteiger partial charge in [0.15, 0.2) is 0 Å². The Bertz CT molecular complexity index is 4860. The average Bonchev–Trinajstić information content (AvgIpc) is 1.56. The Morgan fingerprint density at radius 3 is 1.51 bits per heavy atom. The molecule has 0 radical (unpaired) electrons. The molecule has 4 aliphatic carbocycles. The second-order valence-corrected chi connectivity index (χ2v) is 35.0. The number of hydrogen-bond donors (Lipinski definition) is 0. The van der Waals surface area contributed by atoms with E-state index in [1.54, 1.807) is 0 Å². The number of furan rings is 1. The molecule has 10 aromatic rings. The summed E-state index contributed by atoms with van der Waals surface area (Å²) in [5, 5.41) is 2.29. The van der Waals surface area contributed by atoms with Crippen LogP contribution in [0.3, 0.4) is 0 Å². The summed E-state index contributed by atoms with van der Waals surface area (Å²) in [5.74, 6) is 0. The van der Waals surface area contributed by atoms with Crippen LogP contribution < -0.4 is 31.1 Å². The maximum absolute atomic E-state index is 6.96. The van der Waals surface area contributed by atoms with Crippen LogP contribution in [0.5, 0.6) is 0 Å². The molecule has 0 bridgehead atoms. The summed E-state index contributed by atoms with van der Waals surface area (Å²) in [4.78, 5) is 8.37. The van der Waals surface area contributed by atoms with Gasteiger partial charge in [0, 0.05) is 78.6 Å². The number of fused-ring (bicyclic) bond motifs is 14. The van der Waals surface area contributed by atoms with Crippen molar-refractivity contribution in [2.75, 3.05) is 14.7 Å². The molecule has 0 N–H and O–H groups in total. The molecule has 5 heteroatoms. The van der Waals surface area contributed by atoms with Gasteiger partial charge in [0.25, 0.3) is 6.71 Å². The molecule has 17 rings (SSSR count). The van der Waals surface area contributed by atoms with Crippen molar-refractivity contribution in [2.24, 2.45) is 0 Å². The molecule has 1 aromatic heterocycles. The molecular formula is C88H94BN3O. The van der Waals surface area contributed by atoms with E-state index in [-0.39, 0.29) is 55.6 Å². The van der Waals surface area contributed by atoms with Gasteiger partial charge >= 0.3 is 0 Å². The van der Waals surface area contributed by atoms with Crippen molar-refractivity contribution < 1.29 is 4.42 Å². The predicted octanol–water partition coefficient (Wildman–Crippen LogP) is 22.0. The lowest BCUT2D eigenvalue weighted by Crippen LogP contribution is -2.62. The standard InChI is InChI=1S/C88H94BN3O/c1-80(2,3)55-31-28-53(29-32-55)54-30-37-72-69(44-54)87(16)38-22-23-39-88(87,17)92(72)58-46-75-79-76(47-58)91(57-33-35-60-59-24-18-21-27-77(59)93-78(60)48-57)74-52-68-67(85(12,13)62-25-19-20-26-63(62)86(68,14)15)50-71(74)89(79)70-49-65-66(84(10,11)43-42-83(65,8)9)51-73(70)90(75)56-34-36-61-64(45-56)82(6,7)41-40-81(61,4)5/h18-21,24-37,44-52H,22-23,38-43H2,1-17H3. The lowest BCUT2D eigenvalue weighted by molar-refractivity contribution is 0.195. The van der Waals surface area contributed by atoms with E-state index >= 15 is 0 Å². The zero-order chi connectivity index (χ0) is 64.9. The summed E-state index contributed by atoms with van der Waals surface area (Å²) < 4.78 is 6.96. The van der Waals surface area contributed by atoms with Crippen LogP contribution in [0, 0.1) is 0 Å². The molecule has 0 spiro atoms. The van der Waals surface area contributed by atoms with Crippen molar-refractivity contribution >= 4 is 90.5 Å². The number of benzene rings is 9. The van der Waals surface area contributed by atoms with E-state index in [2.05, 4.69) is 296 Å². The summed E-state index contributed by atoms with van der Waals surface area (Å²) in [7, 11) is 0. The van der Waals surface area contributed by atoms with Crippen LogP contribution in [-0.4, -0.2) is 12.3 Å². The van der Waals surface area contributed by atoms with E-state index in [4.69, 9.17) is 4.42 Å². The van der Waals surface area contributed by atoms with E-state index in [0.29, 0.717) is 0 Å². The van der Waals surface area contributed by atoms with Crippen LogP contribution in [0.15, 0.2) is 168 Å². The molecule has 9 aromatic carbocycles. The lowest BCUT2D eigenvalue weighted by atomic mass is 9.32. The minimum Gasteiger partial charge on any atom is -0.456 e. The Morgan fingerprint density at radius 2 is 0.871 bits per heavy atom. The molecule has 93 heavy (non-hydrogen) atoms. The number of rotatable bonds is 4. The first-order chi connectivity index (χ1) is 43.9. The van der Waals surface area contributed by atoms with Gasteiger partial charge in [-0.1, -0.05) is 215 Å². The SMILES string of the molecule is CC(C)(C)c1ccc(-c2ccc3c(c2)C2(C)CCCCC2(C)N3c2cc3c4c(c2)N(c2ccc5c(c2)oc2ccccc25)c2cc5c(cc2B4c2cc4c(cc2N3c2ccc3c(c2)C(C)(C)CCC3(C)C)C(C)(C)CCC4(C)C)C(C)(C)c2ccccc2C5(C)C)cc1. The van der Waals surface area contributed by atoms with Gasteiger partial charge in [-0.25, -0.2) is 0 Å². The molecular weight excluding hydrogens is 1130 g/mol. The van der Waals surface area contributed by atoms with Crippen LogP contribution >= 0.6 is 0 Å². The largest absolute Gasteiger partial charge is 0.456 e. The number of para-hydroxylation sites is 1. The van der Waals surface area contributed by atoms with E-state index < -0.39 is 0 Å². The van der Waals surface area contributed by atoms with E-state index in [1.807, 2.05) is 0 Å². The summed E-state index contributed by atoms with van der Waals surface area (Å²) in [6.45, 7) is 42.1. The maximum atomic E-state index is 6.96. The first-order valence-electron chi connectivity index (χ1n) is 35.3. The first kappa shape index (κ1) is 59.0. The van der Waals surface area contributed by atoms with Crippen LogP contribution in [0.1, 0.15) is 225 Å². The summed E-state index contributed by atoms with van der Waals surface area (Å²) in [6, 6.07) is 65.9. The monoisotopic (exact) mass is 1220 g/mol.